The van der Waals surface area contributed by atoms with Gasteiger partial charge >= 0.3 is 5.97 Å². The second-order valence-corrected chi connectivity index (χ2v) is 4.39. The molecular weight excluding hydrogens is 220 g/mol. The van der Waals surface area contributed by atoms with Crippen LogP contribution in [0.5, 0.6) is 0 Å². The molecule has 0 spiro atoms. The Hall–Kier alpha value is -0.570. The fourth-order valence-electron chi connectivity index (χ4n) is 0.967. The van der Waals surface area contributed by atoms with Crippen LogP contribution in [0.4, 0.5) is 0 Å². The predicted octanol–water partition coefficient (Wildman–Crippen LogP) is 2.20. The lowest BCUT2D eigenvalue weighted by molar-refractivity contribution is -0.141. The number of alkyl halides is 1. The monoisotopic (exact) mass is 230 g/mol. The minimum absolute atomic E-state index is 0.187. The van der Waals surface area contributed by atoms with Crippen LogP contribution in [0.2, 0.25) is 0 Å². The minimum Gasteiger partial charge on any atom is -0.464 e. The Morgan fingerprint density at radius 3 is 2.92 bits per heavy atom. The Morgan fingerprint density at radius 1 is 1.67 bits per heavy atom. The number of allylic oxidation sites excluding steroid dienone is 3. The highest BCUT2D eigenvalue weighted by molar-refractivity contribution is 9.10. The molecule has 12 heavy (non-hydrogen) atoms. The van der Waals surface area contributed by atoms with Gasteiger partial charge in [0.05, 0.1) is 4.32 Å². The van der Waals surface area contributed by atoms with Crippen molar-refractivity contribution in [2.24, 2.45) is 0 Å². The summed E-state index contributed by atoms with van der Waals surface area (Å²) < 4.78 is 4.73. The molecule has 0 fully saturated rings. The van der Waals surface area contributed by atoms with E-state index in [2.05, 4.69) is 15.9 Å². The van der Waals surface area contributed by atoms with Gasteiger partial charge in [0, 0.05) is 6.92 Å². The summed E-state index contributed by atoms with van der Waals surface area (Å²) in [5, 5.41) is 0. The van der Waals surface area contributed by atoms with E-state index in [4.69, 9.17) is 4.74 Å². The maximum Gasteiger partial charge on any atom is 0.302 e. The number of hydrogen-bond donors (Lipinski definition) is 0. The Labute approximate surface area is 80.4 Å². The summed E-state index contributed by atoms with van der Waals surface area (Å²) in [7, 11) is 0. The Kier molecular flexibility index (Phi) is 3.09. The molecule has 1 aliphatic rings. The second-order valence-electron chi connectivity index (χ2n) is 2.81. The van der Waals surface area contributed by atoms with Gasteiger partial charge in [0.1, 0.15) is 6.61 Å². The molecular formula is C9H11BrO2. The van der Waals surface area contributed by atoms with Gasteiger partial charge in [-0.2, -0.15) is 0 Å². The topological polar surface area (TPSA) is 26.3 Å². The van der Waals surface area contributed by atoms with Crippen molar-refractivity contribution in [3.63, 3.8) is 0 Å². The highest BCUT2D eigenvalue weighted by Gasteiger charge is 2.24. The molecule has 0 amide bonds. The van der Waals surface area contributed by atoms with Gasteiger partial charge in [-0.3, -0.25) is 4.79 Å². The van der Waals surface area contributed by atoms with Crippen LogP contribution in [0.25, 0.3) is 0 Å². The van der Waals surface area contributed by atoms with Gasteiger partial charge < -0.3 is 4.74 Å². The zero-order valence-electron chi connectivity index (χ0n) is 6.92. The summed E-state index contributed by atoms with van der Waals surface area (Å²) in [4.78, 5) is 10.5. The van der Waals surface area contributed by atoms with Crippen molar-refractivity contribution < 1.29 is 9.53 Å². The van der Waals surface area contributed by atoms with E-state index in [1.54, 1.807) is 0 Å². The third kappa shape index (κ3) is 2.81. The van der Waals surface area contributed by atoms with Crippen LogP contribution in [-0.2, 0) is 9.53 Å². The first-order valence-corrected chi connectivity index (χ1v) is 4.58. The maximum absolute atomic E-state index is 10.5. The molecule has 1 atom stereocenters. The summed E-state index contributed by atoms with van der Waals surface area (Å²) in [5.74, 6) is -0.239. The van der Waals surface area contributed by atoms with Gasteiger partial charge in [0.2, 0.25) is 0 Å². The molecule has 0 saturated heterocycles. The maximum atomic E-state index is 10.5. The number of rotatable bonds is 2. The zero-order chi connectivity index (χ0) is 9.03. The molecule has 0 bridgehead atoms. The first kappa shape index (κ1) is 9.52. The highest BCUT2D eigenvalue weighted by atomic mass is 79.9. The van der Waals surface area contributed by atoms with E-state index in [1.165, 1.54) is 6.92 Å². The third-order valence-electron chi connectivity index (χ3n) is 1.61. The number of carbonyl (C=O) groups is 1. The van der Waals surface area contributed by atoms with Crippen LogP contribution in [0.3, 0.4) is 0 Å². The first-order valence-electron chi connectivity index (χ1n) is 3.79. The smallest absolute Gasteiger partial charge is 0.302 e. The number of ether oxygens (including phenoxy) is 1. The molecule has 0 aromatic heterocycles. The fourth-order valence-corrected chi connectivity index (χ4v) is 1.42. The molecule has 1 aliphatic carbocycles. The Balaban J connectivity index is 2.44. The van der Waals surface area contributed by atoms with Gasteiger partial charge in [0.25, 0.3) is 0 Å². The first-order chi connectivity index (χ1) is 5.62. The van der Waals surface area contributed by atoms with Crippen LogP contribution in [0.1, 0.15) is 13.3 Å². The molecule has 0 aromatic carbocycles. The fraction of sp³-hybridized carbons (Fsp3) is 0.444. The van der Waals surface area contributed by atoms with Gasteiger partial charge in [-0.15, -0.1) is 0 Å². The minimum atomic E-state index is -0.239. The van der Waals surface area contributed by atoms with Crippen LogP contribution in [-0.4, -0.2) is 16.9 Å². The van der Waals surface area contributed by atoms with Crippen LogP contribution >= 0.6 is 15.9 Å². The molecule has 1 unspecified atom stereocenters. The van der Waals surface area contributed by atoms with Crippen molar-refractivity contribution in [2.45, 2.75) is 17.7 Å². The van der Waals surface area contributed by atoms with Gasteiger partial charge in [-0.25, -0.2) is 0 Å². The molecule has 0 aliphatic heterocycles. The summed E-state index contributed by atoms with van der Waals surface area (Å²) >= 11 is 3.51. The second kappa shape index (κ2) is 3.90. The Bertz CT molecular complexity index is 233. The number of carbonyl (C=O) groups excluding carboxylic acids is 1. The molecule has 0 radical (unpaired) electrons. The Morgan fingerprint density at radius 2 is 2.42 bits per heavy atom. The van der Waals surface area contributed by atoms with Crippen molar-refractivity contribution in [3.05, 3.63) is 24.3 Å². The number of halogens is 1. The summed E-state index contributed by atoms with van der Waals surface area (Å²) in [6.45, 7) is 1.81. The lowest BCUT2D eigenvalue weighted by Crippen LogP contribution is -2.26. The third-order valence-corrected chi connectivity index (χ3v) is 2.43. The molecule has 0 heterocycles. The van der Waals surface area contributed by atoms with Gasteiger partial charge in [-0.1, -0.05) is 40.2 Å². The summed E-state index contributed by atoms with van der Waals surface area (Å²) in [5.41, 5.74) is 0. The van der Waals surface area contributed by atoms with Crippen molar-refractivity contribution in [3.8, 4) is 0 Å². The molecule has 0 saturated carbocycles. The molecule has 0 N–H and O–H groups in total. The molecule has 2 nitrogen and oxygen atoms in total. The van der Waals surface area contributed by atoms with Crippen molar-refractivity contribution in [1.29, 1.82) is 0 Å². The van der Waals surface area contributed by atoms with E-state index in [9.17, 15) is 4.79 Å². The van der Waals surface area contributed by atoms with E-state index in [1.807, 2.05) is 24.3 Å². The van der Waals surface area contributed by atoms with E-state index in [0.717, 1.165) is 6.42 Å². The predicted molar refractivity (Wildman–Crippen MR) is 51.2 cm³/mol. The largest absolute Gasteiger partial charge is 0.464 e. The molecule has 66 valence electrons. The van der Waals surface area contributed by atoms with E-state index in [-0.39, 0.29) is 10.3 Å². The lowest BCUT2D eigenvalue weighted by Gasteiger charge is -2.23. The van der Waals surface area contributed by atoms with Gasteiger partial charge in [-0.05, 0) is 6.42 Å². The van der Waals surface area contributed by atoms with Crippen LogP contribution in [0.15, 0.2) is 24.3 Å². The zero-order valence-corrected chi connectivity index (χ0v) is 8.50. The van der Waals surface area contributed by atoms with E-state index >= 15 is 0 Å². The number of esters is 1. The van der Waals surface area contributed by atoms with Gasteiger partial charge in [0.15, 0.2) is 0 Å². The average molecular weight is 231 g/mol. The molecule has 0 aromatic rings. The van der Waals surface area contributed by atoms with Crippen LogP contribution in [0, 0.1) is 0 Å². The average Bonchev–Trinajstić information content (AvgIpc) is 2.03. The summed E-state index contributed by atoms with van der Waals surface area (Å²) in [6.07, 6.45) is 8.82. The molecule has 3 heteroatoms. The van der Waals surface area contributed by atoms with E-state index in [0.29, 0.717) is 6.61 Å². The number of hydrogen-bond acceptors (Lipinski definition) is 2. The highest BCUT2D eigenvalue weighted by Crippen LogP contribution is 2.27. The lowest BCUT2D eigenvalue weighted by atomic mass is 10.0. The summed E-state index contributed by atoms with van der Waals surface area (Å²) in [6, 6.07) is 0. The van der Waals surface area contributed by atoms with Crippen LogP contribution < -0.4 is 0 Å². The van der Waals surface area contributed by atoms with Crippen molar-refractivity contribution in [1.82, 2.24) is 0 Å². The molecule has 1 rings (SSSR count). The standard InChI is InChI=1S/C9H11BrO2/c1-8(11)12-7-9(10)5-3-2-4-6-9/h2-5H,6-7H2,1H3. The normalized spacial score (nSPS) is 27.2. The quantitative estimate of drug-likeness (QED) is 0.538. The van der Waals surface area contributed by atoms with E-state index < -0.39 is 0 Å². The van der Waals surface area contributed by atoms with Crippen molar-refractivity contribution >= 4 is 21.9 Å². The van der Waals surface area contributed by atoms with Crippen molar-refractivity contribution in [2.75, 3.05) is 6.61 Å². The SMILES string of the molecule is CC(=O)OCC1(Br)C=CC=CC1.